The highest BCUT2D eigenvalue weighted by Crippen LogP contribution is 2.31. The van der Waals surface area contributed by atoms with Crippen LogP contribution in [0.2, 0.25) is 0 Å². The molecular formula is C14H16N2O3. The summed E-state index contributed by atoms with van der Waals surface area (Å²) in [6.07, 6.45) is 0. The predicted octanol–water partition coefficient (Wildman–Crippen LogP) is 2.92. The van der Waals surface area contributed by atoms with Gasteiger partial charge in [-0.15, -0.1) is 0 Å². The van der Waals surface area contributed by atoms with Gasteiger partial charge in [0.1, 0.15) is 0 Å². The Kier molecular flexibility index (Phi) is 3.06. The topological polar surface area (TPSA) is 89.3 Å². The lowest BCUT2D eigenvalue weighted by atomic mass is 9.86. The number of anilines is 1. The molecule has 1 heterocycles. The second-order valence-electron chi connectivity index (χ2n) is 5.40. The standard InChI is InChI=1S/C14H16N2O3/c1-14(2,3)9-6-4-8(5-7-9)10-11(13(17)18)16-19-12(10)15/h4-7H,15H2,1-3H3,(H,17,18). The first-order chi connectivity index (χ1) is 8.80. The summed E-state index contributed by atoms with van der Waals surface area (Å²) in [5.74, 6) is -1.14. The Bertz CT molecular complexity index is 607. The van der Waals surface area contributed by atoms with Gasteiger partial charge in [0.05, 0.1) is 5.56 Å². The van der Waals surface area contributed by atoms with Gasteiger partial charge in [-0.1, -0.05) is 50.2 Å². The summed E-state index contributed by atoms with van der Waals surface area (Å²) in [7, 11) is 0. The number of aromatic carboxylic acids is 1. The molecular weight excluding hydrogens is 244 g/mol. The zero-order valence-electron chi connectivity index (χ0n) is 11.1. The number of nitrogens with two attached hydrogens (primary N) is 1. The van der Waals surface area contributed by atoms with Crippen LogP contribution in [-0.2, 0) is 5.41 Å². The van der Waals surface area contributed by atoms with Crippen LogP contribution in [0, 0.1) is 0 Å². The van der Waals surface area contributed by atoms with Gasteiger partial charge < -0.3 is 15.4 Å². The molecule has 0 saturated heterocycles. The minimum Gasteiger partial charge on any atom is -0.476 e. The van der Waals surface area contributed by atoms with E-state index in [-0.39, 0.29) is 17.0 Å². The third-order valence-corrected chi connectivity index (χ3v) is 2.96. The van der Waals surface area contributed by atoms with Gasteiger partial charge in [-0.2, -0.15) is 0 Å². The molecule has 0 fully saturated rings. The average molecular weight is 260 g/mol. The molecule has 1 aromatic carbocycles. The van der Waals surface area contributed by atoms with Crippen molar-refractivity contribution in [3.63, 3.8) is 0 Å². The van der Waals surface area contributed by atoms with Crippen LogP contribution in [0.1, 0.15) is 36.8 Å². The van der Waals surface area contributed by atoms with Gasteiger partial charge >= 0.3 is 5.97 Å². The Hall–Kier alpha value is -2.30. The average Bonchev–Trinajstić information content (AvgIpc) is 2.70. The zero-order chi connectivity index (χ0) is 14.2. The molecule has 2 aromatic rings. The van der Waals surface area contributed by atoms with Crippen molar-refractivity contribution in [3.05, 3.63) is 35.5 Å². The molecule has 0 atom stereocenters. The van der Waals surface area contributed by atoms with Crippen molar-refractivity contribution in [1.29, 1.82) is 0 Å². The second kappa shape index (κ2) is 4.42. The lowest BCUT2D eigenvalue weighted by molar-refractivity contribution is 0.0686. The number of hydrogen-bond donors (Lipinski definition) is 2. The highest BCUT2D eigenvalue weighted by molar-refractivity contribution is 5.96. The fourth-order valence-electron chi connectivity index (χ4n) is 1.86. The van der Waals surface area contributed by atoms with Crippen molar-refractivity contribution in [2.45, 2.75) is 26.2 Å². The number of nitrogens with zero attached hydrogens (tertiary/aromatic N) is 1. The highest BCUT2D eigenvalue weighted by Gasteiger charge is 2.22. The van der Waals surface area contributed by atoms with Gasteiger partial charge in [0.15, 0.2) is 0 Å². The third-order valence-electron chi connectivity index (χ3n) is 2.96. The molecule has 0 aliphatic carbocycles. The largest absolute Gasteiger partial charge is 0.476 e. The predicted molar refractivity (Wildman–Crippen MR) is 72.0 cm³/mol. The van der Waals surface area contributed by atoms with Gasteiger partial charge in [0, 0.05) is 0 Å². The van der Waals surface area contributed by atoms with Crippen LogP contribution in [0.15, 0.2) is 28.8 Å². The van der Waals surface area contributed by atoms with Gasteiger partial charge in [0.2, 0.25) is 11.6 Å². The molecule has 5 heteroatoms. The second-order valence-corrected chi connectivity index (χ2v) is 5.40. The maximum atomic E-state index is 11.1. The Morgan fingerprint density at radius 3 is 2.32 bits per heavy atom. The first-order valence-corrected chi connectivity index (χ1v) is 5.90. The minimum atomic E-state index is -1.16. The van der Waals surface area contributed by atoms with Crippen molar-refractivity contribution >= 4 is 11.9 Å². The van der Waals surface area contributed by atoms with Gasteiger partial charge in [-0.25, -0.2) is 4.79 Å². The van der Waals surface area contributed by atoms with Crippen molar-refractivity contribution in [3.8, 4) is 11.1 Å². The number of hydrogen-bond acceptors (Lipinski definition) is 4. The minimum absolute atomic E-state index is 0.0147. The maximum Gasteiger partial charge on any atom is 0.358 e. The van der Waals surface area contributed by atoms with Gasteiger partial charge in [-0.05, 0) is 16.5 Å². The van der Waals surface area contributed by atoms with E-state index in [1.165, 1.54) is 0 Å². The van der Waals surface area contributed by atoms with E-state index in [1.807, 2.05) is 24.3 Å². The molecule has 3 N–H and O–H groups in total. The number of rotatable bonds is 2. The summed E-state index contributed by atoms with van der Waals surface area (Å²) in [6.45, 7) is 6.33. The number of benzene rings is 1. The first kappa shape index (κ1) is 13.1. The van der Waals surface area contributed by atoms with Crippen LogP contribution in [0.25, 0.3) is 11.1 Å². The van der Waals surface area contributed by atoms with Crippen LogP contribution >= 0.6 is 0 Å². The maximum absolute atomic E-state index is 11.1. The number of carboxylic acid groups (broad SMARTS) is 1. The van der Waals surface area contributed by atoms with Crippen LogP contribution < -0.4 is 5.73 Å². The SMILES string of the molecule is CC(C)(C)c1ccc(-c2c(C(=O)O)noc2N)cc1. The number of carbonyl (C=O) groups is 1. The van der Waals surface area contributed by atoms with E-state index in [9.17, 15) is 4.79 Å². The summed E-state index contributed by atoms with van der Waals surface area (Å²) in [5, 5.41) is 12.5. The monoisotopic (exact) mass is 260 g/mol. The molecule has 0 spiro atoms. The molecule has 5 nitrogen and oxygen atoms in total. The summed E-state index contributed by atoms with van der Waals surface area (Å²) in [6, 6.07) is 7.56. The molecule has 0 amide bonds. The Balaban J connectivity index is 2.49. The summed E-state index contributed by atoms with van der Waals surface area (Å²) >= 11 is 0. The fraction of sp³-hybridized carbons (Fsp3) is 0.286. The van der Waals surface area contributed by atoms with Crippen LogP contribution in [0.3, 0.4) is 0 Å². The van der Waals surface area contributed by atoms with Crippen molar-refractivity contribution in [2.24, 2.45) is 0 Å². The Morgan fingerprint density at radius 2 is 1.84 bits per heavy atom. The number of carboxylic acids is 1. The van der Waals surface area contributed by atoms with E-state index in [0.717, 1.165) is 5.56 Å². The van der Waals surface area contributed by atoms with Crippen LogP contribution in [0.5, 0.6) is 0 Å². The molecule has 1 aromatic heterocycles. The first-order valence-electron chi connectivity index (χ1n) is 5.90. The molecule has 0 aliphatic heterocycles. The molecule has 0 unspecified atom stereocenters. The van der Waals surface area contributed by atoms with E-state index in [0.29, 0.717) is 11.1 Å². The van der Waals surface area contributed by atoms with E-state index < -0.39 is 5.97 Å². The van der Waals surface area contributed by atoms with Gasteiger partial charge in [0.25, 0.3) is 0 Å². The van der Waals surface area contributed by atoms with E-state index in [4.69, 9.17) is 15.4 Å². The molecule has 0 radical (unpaired) electrons. The Morgan fingerprint density at radius 1 is 1.26 bits per heavy atom. The van der Waals surface area contributed by atoms with Crippen molar-refractivity contribution < 1.29 is 14.4 Å². The van der Waals surface area contributed by atoms with Crippen LogP contribution in [0.4, 0.5) is 5.88 Å². The van der Waals surface area contributed by atoms with Crippen molar-refractivity contribution in [2.75, 3.05) is 5.73 Å². The Labute approximate surface area is 111 Å². The van der Waals surface area contributed by atoms with E-state index in [2.05, 4.69) is 25.9 Å². The van der Waals surface area contributed by atoms with E-state index >= 15 is 0 Å². The third kappa shape index (κ3) is 2.45. The summed E-state index contributed by atoms with van der Waals surface area (Å²) < 4.78 is 4.76. The highest BCUT2D eigenvalue weighted by atomic mass is 16.5. The zero-order valence-corrected chi connectivity index (χ0v) is 11.1. The van der Waals surface area contributed by atoms with Gasteiger partial charge in [-0.3, -0.25) is 0 Å². The molecule has 0 aliphatic rings. The molecule has 2 rings (SSSR count). The molecule has 100 valence electrons. The smallest absolute Gasteiger partial charge is 0.358 e. The van der Waals surface area contributed by atoms with Crippen molar-refractivity contribution in [1.82, 2.24) is 5.16 Å². The molecule has 19 heavy (non-hydrogen) atoms. The normalized spacial score (nSPS) is 11.5. The molecule has 0 saturated carbocycles. The summed E-state index contributed by atoms with van der Waals surface area (Å²) in [4.78, 5) is 11.1. The quantitative estimate of drug-likeness (QED) is 0.866. The van der Waals surface area contributed by atoms with E-state index in [1.54, 1.807) is 0 Å². The number of aromatic nitrogens is 1. The summed E-state index contributed by atoms with van der Waals surface area (Å²) in [5.41, 5.74) is 7.68. The molecule has 0 bridgehead atoms. The lowest BCUT2D eigenvalue weighted by Crippen LogP contribution is -2.10. The lowest BCUT2D eigenvalue weighted by Gasteiger charge is -2.19. The van der Waals surface area contributed by atoms with Crippen LogP contribution in [-0.4, -0.2) is 16.2 Å². The number of nitrogen functional groups attached to an aromatic ring is 1. The fourth-order valence-corrected chi connectivity index (χ4v) is 1.86.